The molecule has 1 saturated heterocycles. The maximum Gasteiger partial charge on any atom is 0.323 e. The number of nitrogens with one attached hydrogen (secondary N) is 3. The zero-order valence-electron chi connectivity index (χ0n) is 16.5. The molecule has 3 heterocycles. The minimum atomic E-state index is -3.21. The van der Waals surface area contributed by atoms with Gasteiger partial charge in [0.25, 0.3) is 5.91 Å². The fourth-order valence-corrected chi connectivity index (χ4v) is 4.65. The van der Waals surface area contributed by atoms with Crippen molar-refractivity contribution in [2.24, 2.45) is 0 Å². The van der Waals surface area contributed by atoms with Crippen molar-refractivity contribution >= 4 is 27.0 Å². The summed E-state index contributed by atoms with van der Waals surface area (Å²) in [6.45, 7) is 1.27. The number of H-pyrrole nitrogens is 2. The third kappa shape index (κ3) is 4.44. The van der Waals surface area contributed by atoms with E-state index in [0.29, 0.717) is 36.2 Å². The maximum atomic E-state index is 12.5. The van der Waals surface area contributed by atoms with Crippen molar-refractivity contribution in [3.8, 4) is 0 Å². The normalized spacial score (nSPS) is 17.8. The second kappa shape index (κ2) is 8.04. The number of rotatable bonds is 5. The second-order valence-electron chi connectivity index (χ2n) is 7.57. The second-order valence-corrected chi connectivity index (χ2v) is 9.56. The number of hydrogen-bond acceptors (Lipinski definition) is 5. The number of fused-ring (bicyclic) bond motifs is 1. The number of aromatic amines is 2. The van der Waals surface area contributed by atoms with Crippen molar-refractivity contribution in [3.63, 3.8) is 0 Å². The topological polar surface area (TPSA) is 128 Å². The van der Waals surface area contributed by atoms with E-state index in [1.54, 1.807) is 18.2 Å². The number of nitrogens with zero attached hydrogens (tertiary/aromatic N) is 2. The number of hydrogen-bond donors (Lipinski definition) is 3. The summed E-state index contributed by atoms with van der Waals surface area (Å²) in [4.78, 5) is 33.6. The summed E-state index contributed by atoms with van der Waals surface area (Å²) >= 11 is 0. The molecule has 158 valence electrons. The molecule has 0 spiro atoms. The Balaban J connectivity index is 1.39. The van der Waals surface area contributed by atoms with Gasteiger partial charge in [0.15, 0.2) is 0 Å². The highest BCUT2D eigenvalue weighted by atomic mass is 32.2. The first-order valence-corrected chi connectivity index (χ1v) is 11.5. The number of imidazole rings is 1. The van der Waals surface area contributed by atoms with Crippen LogP contribution in [0.5, 0.6) is 0 Å². The van der Waals surface area contributed by atoms with E-state index in [2.05, 4.69) is 20.3 Å². The standard InChI is InChI=1S/C20H23N5O4S/c1-30(28,29)25-8-2-3-15(12-25)16-7-5-14(11-21-16)19(26)22-10-13-4-6-17-18(9-13)24-20(27)23-17/h4-7,9,11,15H,2-3,8,10,12H2,1H3,(H,22,26)(H2,23,24,27)/t15-/m1/s1. The van der Waals surface area contributed by atoms with E-state index in [1.807, 2.05) is 12.1 Å². The minimum absolute atomic E-state index is 0.0285. The van der Waals surface area contributed by atoms with Gasteiger partial charge in [0, 0.05) is 37.4 Å². The zero-order valence-corrected chi connectivity index (χ0v) is 17.3. The van der Waals surface area contributed by atoms with Gasteiger partial charge in [-0.3, -0.25) is 9.78 Å². The van der Waals surface area contributed by atoms with Crippen molar-refractivity contribution in [1.29, 1.82) is 0 Å². The van der Waals surface area contributed by atoms with E-state index < -0.39 is 10.0 Å². The van der Waals surface area contributed by atoms with Crippen LogP contribution in [0.4, 0.5) is 0 Å². The molecule has 1 aromatic carbocycles. The lowest BCUT2D eigenvalue weighted by molar-refractivity contribution is 0.0950. The van der Waals surface area contributed by atoms with E-state index in [-0.39, 0.29) is 17.5 Å². The molecule has 10 heteroatoms. The summed E-state index contributed by atoms with van der Waals surface area (Å²) in [5.74, 6) is -0.223. The molecular formula is C20H23N5O4S. The highest BCUT2D eigenvalue weighted by Gasteiger charge is 2.27. The predicted molar refractivity (Wildman–Crippen MR) is 113 cm³/mol. The lowest BCUT2D eigenvalue weighted by Gasteiger charge is -2.30. The number of amides is 1. The highest BCUT2D eigenvalue weighted by molar-refractivity contribution is 7.88. The van der Waals surface area contributed by atoms with Crippen LogP contribution in [0.1, 0.15) is 40.4 Å². The smallest absolute Gasteiger partial charge is 0.323 e. The van der Waals surface area contributed by atoms with Gasteiger partial charge in [-0.25, -0.2) is 17.5 Å². The Hall–Kier alpha value is -2.98. The number of carbonyl (C=O) groups is 1. The van der Waals surface area contributed by atoms with E-state index in [9.17, 15) is 18.0 Å². The average Bonchev–Trinajstić information content (AvgIpc) is 3.11. The number of pyridine rings is 1. The lowest BCUT2D eigenvalue weighted by atomic mass is 9.95. The third-order valence-electron chi connectivity index (χ3n) is 5.35. The van der Waals surface area contributed by atoms with Crippen LogP contribution in [-0.2, 0) is 16.6 Å². The van der Waals surface area contributed by atoms with Gasteiger partial charge >= 0.3 is 5.69 Å². The van der Waals surface area contributed by atoms with Crippen molar-refractivity contribution < 1.29 is 13.2 Å². The van der Waals surface area contributed by atoms with Gasteiger partial charge in [0.2, 0.25) is 10.0 Å². The van der Waals surface area contributed by atoms with Crippen molar-refractivity contribution in [2.45, 2.75) is 25.3 Å². The number of piperidine rings is 1. The number of benzene rings is 1. The predicted octanol–water partition coefficient (Wildman–Crippen LogP) is 1.32. The number of sulfonamides is 1. The van der Waals surface area contributed by atoms with Gasteiger partial charge in [0.1, 0.15) is 0 Å². The van der Waals surface area contributed by atoms with E-state index in [1.165, 1.54) is 16.8 Å². The van der Waals surface area contributed by atoms with Crippen molar-refractivity contribution in [1.82, 2.24) is 24.6 Å². The molecule has 3 aromatic rings. The Labute approximate surface area is 173 Å². The van der Waals surface area contributed by atoms with Gasteiger partial charge in [-0.2, -0.15) is 0 Å². The minimum Gasteiger partial charge on any atom is -0.348 e. The van der Waals surface area contributed by atoms with E-state index in [4.69, 9.17) is 0 Å². The van der Waals surface area contributed by atoms with Gasteiger partial charge in [-0.15, -0.1) is 0 Å². The molecule has 0 saturated carbocycles. The average molecular weight is 430 g/mol. The molecule has 0 aliphatic carbocycles. The number of aromatic nitrogens is 3. The first-order chi connectivity index (χ1) is 14.3. The quantitative estimate of drug-likeness (QED) is 0.564. The molecule has 1 fully saturated rings. The number of carbonyl (C=O) groups excluding carboxylic acids is 1. The van der Waals surface area contributed by atoms with E-state index >= 15 is 0 Å². The summed E-state index contributed by atoms with van der Waals surface area (Å²) in [6.07, 6.45) is 4.41. The summed E-state index contributed by atoms with van der Waals surface area (Å²) in [6, 6.07) is 8.94. The molecule has 0 unspecified atom stereocenters. The van der Waals surface area contributed by atoms with Crippen LogP contribution in [0, 0.1) is 0 Å². The summed E-state index contributed by atoms with van der Waals surface area (Å²) < 4.78 is 25.1. The monoisotopic (exact) mass is 429 g/mol. The lowest BCUT2D eigenvalue weighted by Crippen LogP contribution is -2.38. The maximum absolute atomic E-state index is 12.5. The Morgan fingerprint density at radius 3 is 2.77 bits per heavy atom. The van der Waals surface area contributed by atoms with Gasteiger partial charge in [-0.1, -0.05) is 6.07 Å². The van der Waals surface area contributed by atoms with Gasteiger partial charge in [0.05, 0.1) is 22.9 Å². The van der Waals surface area contributed by atoms with Crippen LogP contribution in [0.15, 0.2) is 41.3 Å². The molecule has 3 N–H and O–H groups in total. The van der Waals surface area contributed by atoms with Crippen LogP contribution in [0.3, 0.4) is 0 Å². The summed E-state index contributed by atoms with van der Waals surface area (Å²) in [7, 11) is -3.21. The molecule has 1 aliphatic heterocycles. The highest BCUT2D eigenvalue weighted by Crippen LogP contribution is 2.26. The molecule has 4 rings (SSSR count). The first-order valence-electron chi connectivity index (χ1n) is 9.70. The van der Waals surface area contributed by atoms with Crippen LogP contribution in [-0.4, -0.2) is 52.9 Å². The van der Waals surface area contributed by atoms with Crippen LogP contribution in [0.25, 0.3) is 11.0 Å². The van der Waals surface area contributed by atoms with Crippen LogP contribution < -0.4 is 11.0 Å². The SMILES string of the molecule is CS(=O)(=O)N1CCC[C@@H](c2ccc(C(=O)NCc3ccc4[nH]c(=O)[nH]c4c3)cn2)C1. The molecule has 1 atom stereocenters. The molecule has 1 aliphatic rings. The molecule has 0 bridgehead atoms. The fourth-order valence-electron chi connectivity index (χ4n) is 3.74. The Morgan fingerprint density at radius 1 is 1.23 bits per heavy atom. The molecule has 2 aromatic heterocycles. The summed E-state index contributed by atoms with van der Waals surface area (Å²) in [5.41, 5.74) is 3.22. The Morgan fingerprint density at radius 2 is 2.03 bits per heavy atom. The van der Waals surface area contributed by atoms with Crippen molar-refractivity contribution in [2.75, 3.05) is 19.3 Å². The fraction of sp³-hybridized carbons (Fsp3) is 0.350. The largest absolute Gasteiger partial charge is 0.348 e. The van der Waals surface area contributed by atoms with Crippen LogP contribution in [0.2, 0.25) is 0 Å². The molecular weight excluding hydrogens is 406 g/mol. The Kier molecular flexibility index (Phi) is 5.44. The molecule has 9 nitrogen and oxygen atoms in total. The van der Waals surface area contributed by atoms with E-state index in [0.717, 1.165) is 24.1 Å². The van der Waals surface area contributed by atoms with Gasteiger partial charge < -0.3 is 15.3 Å². The zero-order chi connectivity index (χ0) is 21.3. The molecule has 30 heavy (non-hydrogen) atoms. The molecule has 0 radical (unpaired) electrons. The van der Waals surface area contributed by atoms with Gasteiger partial charge in [-0.05, 0) is 42.7 Å². The summed E-state index contributed by atoms with van der Waals surface area (Å²) in [5, 5.41) is 2.84. The Bertz CT molecular complexity index is 1230. The van der Waals surface area contributed by atoms with Crippen molar-refractivity contribution in [3.05, 3.63) is 63.8 Å². The van der Waals surface area contributed by atoms with Crippen LogP contribution >= 0.6 is 0 Å². The third-order valence-corrected chi connectivity index (χ3v) is 6.62. The first kappa shape index (κ1) is 20.3. The molecule has 1 amide bonds.